The minimum atomic E-state index is -0.114. The Bertz CT molecular complexity index is 402. The summed E-state index contributed by atoms with van der Waals surface area (Å²) in [6.45, 7) is 12.6. The van der Waals surface area contributed by atoms with E-state index in [9.17, 15) is 4.79 Å². The topological polar surface area (TPSA) is 32.9 Å². The fourth-order valence-corrected chi connectivity index (χ4v) is 1.82. The fourth-order valence-electron chi connectivity index (χ4n) is 1.82. The lowest BCUT2D eigenvalue weighted by Gasteiger charge is -2.28. The summed E-state index contributed by atoms with van der Waals surface area (Å²) in [5, 5.41) is 0. The highest BCUT2D eigenvalue weighted by Gasteiger charge is 2.27. The highest BCUT2D eigenvalue weighted by Crippen LogP contribution is 2.29. The third kappa shape index (κ3) is 2.49. The van der Waals surface area contributed by atoms with Crippen LogP contribution in [0.25, 0.3) is 0 Å². The van der Waals surface area contributed by atoms with Gasteiger partial charge in [-0.3, -0.25) is 4.79 Å². The quantitative estimate of drug-likeness (QED) is 0.697. The maximum absolute atomic E-state index is 11.9. The predicted octanol–water partition coefficient (Wildman–Crippen LogP) is 2.97. The lowest BCUT2D eigenvalue weighted by molar-refractivity contribution is 0.510. The molecular formula is C13H21NO. The van der Waals surface area contributed by atoms with Gasteiger partial charge >= 0.3 is 0 Å². The van der Waals surface area contributed by atoms with Gasteiger partial charge in [-0.05, 0) is 5.41 Å². The summed E-state index contributed by atoms with van der Waals surface area (Å²) >= 11 is 0. The molecule has 1 aromatic heterocycles. The summed E-state index contributed by atoms with van der Waals surface area (Å²) in [6.07, 6.45) is 1.73. The van der Waals surface area contributed by atoms with Crippen molar-refractivity contribution in [3.05, 3.63) is 33.7 Å². The van der Waals surface area contributed by atoms with E-state index in [0.29, 0.717) is 0 Å². The van der Waals surface area contributed by atoms with Crippen molar-refractivity contribution in [1.82, 2.24) is 4.98 Å². The van der Waals surface area contributed by atoms with Gasteiger partial charge in [0.1, 0.15) is 0 Å². The van der Waals surface area contributed by atoms with Gasteiger partial charge in [0.25, 0.3) is 0 Å². The van der Waals surface area contributed by atoms with Crippen molar-refractivity contribution in [3.8, 4) is 0 Å². The first-order valence-corrected chi connectivity index (χ1v) is 5.36. The molecule has 0 spiro atoms. The van der Waals surface area contributed by atoms with Crippen LogP contribution in [-0.4, -0.2) is 4.98 Å². The molecule has 1 aromatic rings. The molecule has 84 valence electrons. The summed E-state index contributed by atoms with van der Waals surface area (Å²) < 4.78 is 0. The lowest BCUT2D eigenvalue weighted by atomic mass is 9.78. The second-order valence-corrected chi connectivity index (χ2v) is 6.09. The van der Waals surface area contributed by atoms with Crippen LogP contribution in [0.2, 0.25) is 0 Å². The molecule has 0 aliphatic rings. The molecule has 1 N–H and O–H groups in total. The zero-order valence-electron chi connectivity index (χ0n) is 10.6. The number of rotatable bonds is 0. The van der Waals surface area contributed by atoms with E-state index in [0.717, 1.165) is 11.3 Å². The third-order valence-electron chi connectivity index (χ3n) is 2.46. The van der Waals surface area contributed by atoms with E-state index in [-0.39, 0.29) is 16.3 Å². The molecule has 0 aliphatic heterocycles. The van der Waals surface area contributed by atoms with Crippen LogP contribution >= 0.6 is 0 Å². The molecule has 0 radical (unpaired) electrons. The molecule has 0 fully saturated rings. The van der Waals surface area contributed by atoms with Gasteiger partial charge in [0.05, 0.1) is 0 Å². The van der Waals surface area contributed by atoms with E-state index < -0.39 is 0 Å². The average molecular weight is 207 g/mol. The number of aromatic amines is 1. The molecule has 0 aromatic carbocycles. The molecule has 15 heavy (non-hydrogen) atoms. The number of hydrogen-bond donors (Lipinski definition) is 1. The minimum Gasteiger partial charge on any atom is -0.364 e. The van der Waals surface area contributed by atoms with Crippen LogP contribution in [0.3, 0.4) is 0 Å². The van der Waals surface area contributed by atoms with E-state index in [2.05, 4.69) is 46.5 Å². The number of nitrogens with one attached hydrogen (secondary N) is 1. The van der Waals surface area contributed by atoms with Gasteiger partial charge in [0, 0.05) is 28.9 Å². The molecule has 0 atom stereocenters. The van der Waals surface area contributed by atoms with E-state index in [4.69, 9.17) is 0 Å². The second-order valence-electron chi connectivity index (χ2n) is 6.09. The Morgan fingerprint density at radius 1 is 1.00 bits per heavy atom. The molecule has 1 rings (SSSR count). The minimum absolute atomic E-state index is 0.0248. The molecule has 0 saturated heterocycles. The van der Waals surface area contributed by atoms with Crippen molar-refractivity contribution in [1.29, 1.82) is 0 Å². The Morgan fingerprint density at radius 3 is 1.87 bits per heavy atom. The Labute approximate surface area is 91.7 Å². The summed E-state index contributed by atoms with van der Waals surface area (Å²) in [5.41, 5.74) is 1.94. The molecular weight excluding hydrogens is 186 g/mol. The summed E-state index contributed by atoms with van der Waals surface area (Å²) in [6, 6.07) is 1.61. The average Bonchev–Trinajstić information content (AvgIpc) is 1.99. The van der Waals surface area contributed by atoms with Gasteiger partial charge < -0.3 is 4.98 Å². The predicted molar refractivity (Wildman–Crippen MR) is 64.5 cm³/mol. The van der Waals surface area contributed by atoms with Crippen molar-refractivity contribution in [2.75, 3.05) is 0 Å². The molecule has 0 aliphatic carbocycles. The molecule has 2 heteroatoms. The third-order valence-corrected chi connectivity index (χ3v) is 2.46. The van der Waals surface area contributed by atoms with Crippen LogP contribution in [0.5, 0.6) is 0 Å². The van der Waals surface area contributed by atoms with Gasteiger partial charge in [-0.1, -0.05) is 41.5 Å². The molecule has 2 nitrogen and oxygen atoms in total. The van der Waals surface area contributed by atoms with Crippen molar-refractivity contribution in [2.45, 2.75) is 52.4 Å². The molecule has 1 heterocycles. The molecule has 0 bridgehead atoms. The van der Waals surface area contributed by atoms with Crippen LogP contribution in [0, 0.1) is 0 Å². The molecule has 0 amide bonds. The van der Waals surface area contributed by atoms with Gasteiger partial charge in [0.2, 0.25) is 0 Å². The summed E-state index contributed by atoms with van der Waals surface area (Å²) in [4.78, 5) is 15.1. The largest absolute Gasteiger partial charge is 0.364 e. The lowest BCUT2D eigenvalue weighted by Crippen LogP contribution is -2.30. The van der Waals surface area contributed by atoms with Crippen molar-refractivity contribution in [3.63, 3.8) is 0 Å². The smallest absolute Gasteiger partial charge is 0.185 e. The van der Waals surface area contributed by atoms with Crippen LogP contribution in [0.4, 0.5) is 0 Å². The Hall–Kier alpha value is -1.05. The highest BCUT2D eigenvalue weighted by atomic mass is 16.1. The zero-order chi connectivity index (χ0) is 11.9. The van der Waals surface area contributed by atoms with Crippen LogP contribution < -0.4 is 5.43 Å². The van der Waals surface area contributed by atoms with Crippen LogP contribution in [0.1, 0.15) is 52.8 Å². The van der Waals surface area contributed by atoms with E-state index in [1.807, 2.05) is 0 Å². The summed E-state index contributed by atoms with van der Waals surface area (Å²) in [5.74, 6) is 0. The van der Waals surface area contributed by atoms with Crippen LogP contribution in [0.15, 0.2) is 17.1 Å². The molecule has 0 saturated carbocycles. The van der Waals surface area contributed by atoms with Gasteiger partial charge in [0.15, 0.2) is 5.43 Å². The van der Waals surface area contributed by atoms with Crippen LogP contribution in [-0.2, 0) is 10.8 Å². The van der Waals surface area contributed by atoms with E-state index >= 15 is 0 Å². The second kappa shape index (κ2) is 3.51. The SMILES string of the molecule is CC(C)(C)c1[nH]ccc(=O)c1C(C)(C)C. The Balaban J connectivity index is 3.55. The van der Waals surface area contributed by atoms with Gasteiger partial charge in [-0.2, -0.15) is 0 Å². The Morgan fingerprint density at radius 2 is 1.53 bits per heavy atom. The molecule has 0 unspecified atom stereocenters. The number of aromatic nitrogens is 1. The van der Waals surface area contributed by atoms with Crippen molar-refractivity contribution < 1.29 is 0 Å². The van der Waals surface area contributed by atoms with Gasteiger partial charge in [-0.15, -0.1) is 0 Å². The maximum Gasteiger partial charge on any atom is 0.185 e. The Kier molecular flexibility index (Phi) is 2.81. The van der Waals surface area contributed by atoms with Crippen molar-refractivity contribution in [2.24, 2.45) is 0 Å². The summed E-state index contributed by atoms with van der Waals surface area (Å²) in [7, 11) is 0. The van der Waals surface area contributed by atoms with E-state index in [1.54, 1.807) is 12.3 Å². The number of hydrogen-bond acceptors (Lipinski definition) is 1. The van der Waals surface area contributed by atoms with E-state index in [1.165, 1.54) is 0 Å². The monoisotopic (exact) mass is 207 g/mol. The zero-order valence-corrected chi connectivity index (χ0v) is 10.6. The first-order chi connectivity index (χ1) is 6.64. The highest BCUT2D eigenvalue weighted by molar-refractivity contribution is 5.31. The standard InChI is InChI=1S/C13H21NO/c1-12(2,3)10-9(15)7-8-14-11(10)13(4,5)6/h7-8H,1-6H3,(H,14,15). The first-order valence-electron chi connectivity index (χ1n) is 5.36. The maximum atomic E-state index is 11.9. The van der Waals surface area contributed by atoms with Gasteiger partial charge in [-0.25, -0.2) is 0 Å². The van der Waals surface area contributed by atoms with Crippen molar-refractivity contribution >= 4 is 0 Å². The normalized spacial score (nSPS) is 12.9. The number of pyridine rings is 1. The fraction of sp³-hybridized carbons (Fsp3) is 0.615. The number of H-pyrrole nitrogens is 1. The first kappa shape index (κ1) is 12.0.